The lowest BCUT2D eigenvalue weighted by atomic mass is 9.88. The van der Waals surface area contributed by atoms with Gasteiger partial charge in [0.05, 0.1) is 0 Å². The summed E-state index contributed by atoms with van der Waals surface area (Å²) in [6.07, 6.45) is 23.9. The molecule has 1 aromatic carbocycles. The quantitative estimate of drug-likeness (QED) is 0.195. The first kappa shape index (κ1) is 34.7. The highest BCUT2D eigenvalue weighted by atomic mass is 15.1. The smallest absolute Gasteiger partial charge is 0.0482 e. The fraction of sp³-hybridized carbons (Fsp3) is 0.400. The molecule has 0 saturated heterocycles. The number of rotatable bonds is 11. The number of aryl methyl sites for hydroxylation is 2. The molecule has 0 saturated carbocycles. The van der Waals surface area contributed by atoms with E-state index in [4.69, 9.17) is 0 Å². The molecule has 0 unspecified atom stereocenters. The van der Waals surface area contributed by atoms with E-state index in [2.05, 4.69) is 178 Å². The van der Waals surface area contributed by atoms with Crippen molar-refractivity contribution >= 4 is 23.5 Å². The average Bonchev–Trinajstić information content (AvgIpc) is 3.26. The van der Waals surface area contributed by atoms with Crippen molar-refractivity contribution in [2.24, 2.45) is 5.41 Å². The Balaban J connectivity index is 2.50. The van der Waals surface area contributed by atoms with Gasteiger partial charge < -0.3 is 9.47 Å². The number of allylic oxidation sites excluding steroid dienone is 11. The average molecular weight is 565 g/mol. The Morgan fingerprint density at radius 3 is 2.19 bits per heavy atom. The molecule has 0 atom stereocenters. The number of hydrogen-bond donors (Lipinski definition) is 0. The van der Waals surface area contributed by atoms with Crippen molar-refractivity contribution in [3.05, 3.63) is 119 Å². The minimum Gasteiger partial charge on any atom is -0.348 e. The Labute approximate surface area is 258 Å². The van der Waals surface area contributed by atoms with Crippen LogP contribution in [0.3, 0.4) is 0 Å². The molecule has 0 fully saturated rings. The van der Waals surface area contributed by atoms with Gasteiger partial charge in [-0.25, -0.2) is 0 Å². The van der Waals surface area contributed by atoms with Crippen molar-refractivity contribution in [3.63, 3.8) is 0 Å². The first-order valence-corrected chi connectivity index (χ1v) is 15.4. The first-order valence-electron chi connectivity index (χ1n) is 15.4. The molecule has 0 bridgehead atoms. The molecule has 42 heavy (non-hydrogen) atoms. The van der Waals surface area contributed by atoms with Gasteiger partial charge in [-0.05, 0) is 105 Å². The lowest BCUT2D eigenvalue weighted by Gasteiger charge is -2.33. The number of benzene rings is 1. The van der Waals surface area contributed by atoms with Gasteiger partial charge in [0.25, 0.3) is 0 Å². The summed E-state index contributed by atoms with van der Waals surface area (Å²) in [4.78, 5) is 2.35. The Bertz CT molecular complexity index is 1400. The van der Waals surface area contributed by atoms with Crippen LogP contribution in [0.15, 0.2) is 90.7 Å². The molecule has 2 heteroatoms. The van der Waals surface area contributed by atoms with Gasteiger partial charge in [0, 0.05) is 46.3 Å². The highest BCUT2D eigenvalue weighted by molar-refractivity contribution is 5.70. The van der Waals surface area contributed by atoms with Crippen LogP contribution in [-0.4, -0.2) is 11.6 Å². The van der Waals surface area contributed by atoms with E-state index in [1.54, 1.807) is 0 Å². The topological polar surface area (TPSA) is 8.17 Å². The van der Waals surface area contributed by atoms with E-state index >= 15 is 0 Å². The van der Waals surface area contributed by atoms with Crippen molar-refractivity contribution in [2.45, 2.75) is 94.4 Å². The molecule has 1 heterocycles. The molecule has 0 aliphatic heterocycles. The lowest BCUT2D eigenvalue weighted by Crippen LogP contribution is -2.27. The Hall–Kier alpha value is -3.52. The van der Waals surface area contributed by atoms with E-state index in [1.807, 2.05) is 6.08 Å². The van der Waals surface area contributed by atoms with E-state index in [9.17, 15) is 0 Å². The normalized spacial score (nSPS) is 14.1. The summed E-state index contributed by atoms with van der Waals surface area (Å²) in [6, 6.07) is 9.06. The largest absolute Gasteiger partial charge is 0.348 e. The highest BCUT2D eigenvalue weighted by Crippen LogP contribution is 2.34. The number of nitrogens with zero attached hydrogens (tertiary/aromatic N) is 2. The monoisotopic (exact) mass is 564 g/mol. The molecule has 2 nitrogen and oxygen atoms in total. The Morgan fingerprint density at radius 1 is 0.976 bits per heavy atom. The standard InChI is InChI=1S/C40H56N2/c1-14-18-22-32(20-15-2)29-37(39(7,8)9)41(13)35-26-25-33(30(5)27-35)23-19-24-34(21-16-3)42-36(17-4)31(6)28-38(42)40(10,11)12/h14,16-21,23-29H,4,15,22H2,1-3,5-13H3/b18-14-,21-16+,23-19+,32-20+,34-24+,37-29-. The molecule has 0 aliphatic carbocycles. The van der Waals surface area contributed by atoms with E-state index in [1.165, 1.54) is 39.3 Å². The van der Waals surface area contributed by atoms with Gasteiger partial charge in [0.2, 0.25) is 0 Å². The van der Waals surface area contributed by atoms with Crippen LogP contribution in [0.2, 0.25) is 0 Å². The fourth-order valence-electron chi connectivity index (χ4n) is 5.26. The Kier molecular flexibility index (Phi) is 12.5. The zero-order valence-corrected chi connectivity index (χ0v) is 28.6. The molecule has 0 aliphatic rings. The molecular formula is C40H56N2. The minimum atomic E-state index is 0.00496. The zero-order valence-electron chi connectivity index (χ0n) is 28.6. The van der Waals surface area contributed by atoms with Crippen LogP contribution in [-0.2, 0) is 5.41 Å². The second-order valence-corrected chi connectivity index (χ2v) is 13.2. The SMILES string of the molecule is C=Cc1c(C)cc(C(C)(C)C)n1C(/C=C/C)=C/C=C/c1ccc(N(C)/C(=C\C(=C\CC)C/C=C\C)C(C)(C)C)cc1C. The summed E-state index contributed by atoms with van der Waals surface area (Å²) in [7, 11) is 2.19. The van der Waals surface area contributed by atoms with Crippen LogP contribution < -0.4 is 4.90 Å². The first-order chi connectivity index (χ1) is 19.7. The number of anilines is 1. The van der Waals surface area contributed by atoms with Crippen LogP contribution in [0.25, 0.3) is 17.8 Å². The summed E-state index contributed by atoms with van der Waals surface area (Å²) in [5, 5.41) is 0. The number of hydrogen-bond acceptors (Lipinski definition) is 1. The van der Waals surface area contributed by atoms with Gasteiger partial charge >= 0.3 is 0 Å². The maximum absolute atomic E-state index is 4.11. The van der Waals surface area contributed by atoms with E-state index in [-0.39, 0.29) is 10.8 Å². The van der Waals surface area contributed by atoms with Crippen LogP contribution in [0.4, 0.5) is 5.69 Å². The molecular weight excluding hydrogens is 508 g/mol. The van der Waals surface area contributed by atoms with E-state index in [0.717, 1.165) is 24.2 Å². The maximum Gasteiger partial charge on any atom is 0.0482 e. The van der Waals surface area contributed by atoms with Crippen LogP contribution in [0.1, 0.15) is 103 Å². The molecule has 226 valence electrons. The molecule has 2 rings (SSSR count). The van der Waals surface area contributed by atoms with Crippen LogP contribution >= 0.6 is 0 Å². The highest BCUT2D eigenvalue weighted by Gasteiger charge is 2.24. The second kappa shape index (κ2) is 15.1. The molecule has 0 N–H and O–H groups in total. The van der Waals surface area contributed by atoms with Crippen molar-refractivity contribution < 1.29 is 0 Å². The second-order valence-electron chi connectivity index (χ2n) is 13.2. The molecule has 2 aromatic rings. The van der Waals surface area contributed by atoms with Gasteiger partial charge in [-0.2, -0.15) is 0 Å². The van der Waals surface area contributed by atoms with Gasteiger partial charge in [-0.1, -0.05) is 97.6 Å². The number of aromatic nitrogens is 1. The Morgan fingerprint density at radius 2 is 1.67 bits per heavy atom. The van der Waals surface area contributed by atoms with Crippen molar-refractivity contribution in [1.82, 2.24) is 4.57 Å². The van der Waals surface area contributed by atoms with E-state index in [0.29, 0.717) is 0 Å². The third kappa shape index (κ3) is 8.99. The van der Waals surface area contributed by atoms with Crippen LogP contribution in [0.5, 0.6) is 0 Å². The predicted molar refractivity (Wildman–Crippen MR) is 191 cm³/mol. The van der Waals surface area contributed by atoms with E-state index < -0.39 is 0 Å². The summed E-state index contributed by atoms with van der Waals surface area (Å²) >= 11 is 0. The minimum absolute atomic E-state index is 0.00496. The third-order valence-electron chi connectivity index (χ3n) is 7.49. The molecule has 0 amide bonds. The van der Waals surface area contributed by atoms with Crippen molar-refractivity contribution in [1.29, 1.82) is 0 Å². The molecule has 0 radical (unpaired) electrons. The van der Waals surface area contributed by atoms with Crippen molar-refractivity contribution in [2.75, 3.05) is 11.9 Å². The summed E-state index contributed by atoms with van der Waals surface area (Å²) < 4.78 is 2.34. The summed E-state index contributed by atoms with van der Waals surface area (Å²) in [6.45, 7) is 28.5. The lowest BCUT2D eigenvalue weighted by molar-refractivity contribution is 0.489. The fourth-order valence-corrected chi connectivity index (χ4v) is 5.26. The molecule has 1 aromatic heterocycles. The molecule has 0 spiro atoms. The van der Waals surface area contributed by atoms with Crippen LogP contribution in [0, 0.1) is 19.3 Å². The van der Waals surface area contributed by atoms with Gasteiger partial charge in [0.1, 0.15) is 0 Å². The zero-order chi connectivity index (χ0) is 31.7. The van der Waals surface area contributed by atoms with Crippen molar-refractivity contribution in [3.8, 4) is 0 Å². The summed E-state index contributed by atoms with van der Waals surface area (Å²) in [5.74, 6) is 0. The summed E-state index contributed by atoms with van der Waals surface area (Å²) in [5.41, 5.74) is 11.1. The maximum atomic E-state index is 4.11. The van der Waals surface area contributed by atoms with Gasteiger partial charge in [-0.3, -0.25) is 0 Å². The predicted octanol–water partition coefficient (Wildman–Crippen LogP) is 11.8. The third-order valence-corrected chi connectivity index (χ3v) is 7.49. The van der Waals surface area contributed by atoms with Gasteiger partial charge in [0.15, 0.2) is 0 Å². The van der Waals surface area contributed by atoms with Gasteiger partial charge in [-0.15, -0.1) is 0 Å².